The number of nitrogens with zero attached hydrogens (tertiary/aromatic N) is 1. The molecule has 0 aliphatic heterocycles. The van der Waals surface area contributed by atoms with Crippen LogP contribution in [0, 0.1) is 16.7 Å². The lowest BCUT2D eigenvalue weighted by molar-refractivity contribution is -0.0480. The van der Waals surface area contributed by atoms with Crippen molar-refractivity contribution in [1.29, 1.82) is 0 Å². The molecule has 100 valence electrons. The van der Waals surface area contributed by atoms with Crippen LogP contribution in [0.4, 0.5) is 0 Å². The molecule has 0 unspecified atom stereocenters. The topological polar surface area (TPSA) is 12.5 Å². The second-order valence-electron chi connectivity index (χ2n) is 7.13. The Labute approximate surface area is 107 Å². The van der Waals surface area contributed by atoms with Crippen LogP contribution >= 0.6 is 0 Å². The van der Waals surface area contributed by atoms with Crippen molar-refractivity contribution in [3.8, 4) is 0 Å². The Hall–Kier alpha value is -0.0800. The van der Waals surface area contributed by atoms with Crippen LogP contribution in [0.5, 0.6) is 0 Å². The molecule has 2 saturated carbocycles. The van der Waals surface area contributed by atoms with E-state index < -0.39 is 0 Å². The zero-order valence-corrected chi connectivity index (χ0v) is 12.3. The Balaban J connectivity index is 1.84. The lowest BCUT2D eigenvalue weighted by Crippen LogP contribution is -2.37. The first-order chi connectivity index (χ1) is 7.88. The molecule has 0 aromatic rings. The minimum atomic E-state index is 0.426. The monoisotopic (exact) mass is 239 g/mol. The van der Waals surface area contributed by atoms with Crippen LogP contribution in [0.25, 0.3) is 0 Å². The zero-order valence-electron chi connectivity index (χ0n) is 12.3. The summed E-state index contributed by atoms with van der Waals surface area (Å²) in [7, 11) is 4.25. The smallest absolute Gasteiger partial charge is 0.0636 e. The van der Waals surface area contributed by atoms with E-state index in [0.717, 1.165) is 25.5 Å². The first-order valence-electron chi connectivity index (χ1n) is 7.14. The molecule has 0 amide bonds. The molecule has 0 saturated heterocycles. The molecule has 0 aromatic carbocycles. The van der Waals surface area contributed by atoms with Crippen molar-refractivity contribution in [1.82, 2.24) is 4.90 Å². The van der Waals surface area contributed by atoms with Gasteiger partial charge in [0.25, 0.3) is 0 Å². The van der Waals surface area contributed by atoms with Crippen LogP contribution < -0.4 is 0 Å². The number of hydrogen-bond donors (Lipinski definition) is 0. The molecule has 0 aromatic heterocycles. The molecule has 2 aliphatic carbocycles. The minimum absolute atomic E-state index is 0.426. The SMILES string of the molecule is CN(C)CCCO[C@@H]1C[C@H]2CC[C@@]1(C)C2(C)C. The second-order valence-corrected chi connectivity index (χ2v) is 7.13. The van der Waals surface area contributed by atoms with Crippen molar-refractivity contribution >= 4 is 0 Å². The fourth-order valence-electron chi connectivity index (χ4n) is 3.99. The van der Waals surface area contributed by atoms with Gasteiger partial charge in [-0.2, -0.15) is 0 Å². The van der Waals surface area contributed by atoms with Gasteiger partial charge in [0.05, 0.1) is 6.10 Å². The maximum absolute atomic E-state index is 6.20. The Morgan fingerprint density at radius 1 is 1.24 bits per heavy atom. The molecule has 17 heavy (non-hydrogen) atoms. The van der Waals surface area contributed by atoms with E-state index in [1.807, 2.05) is 0 Å². The quantitative estimate of drug-likeness (QED) is 0.683. The summed E-state index contributed by atoms with van der Waals surface area (Å²) in [6.45, 7) is 9.43. The van der Waals surface area contributed by atoms with Gasteiger partial charge in [-0.15, -0.1) is 0 Å². The molecule has 2 nitrogen and oxygen atoms in total. The maximum Gasteiger partial charge on any atom is 0.0636 e. The number of fused-ring (bicyclic) bond motifs is 2. The third kappa shape index (κ3) is 2.15. The van der Waals surface area contributed by atoms with E-state index in [2.05, 4.69) is 39.8 Å². The van der Waals surface area contributed by atoms with Gasteiger partial charge in [0.2, 0.25) is 0 Å². The molecular weight excluding hydrogens is 210 g/mol. The van der Waals surface area contributed by atoms with Gasteiger partial charge in [-0.25, -0.2) is 0 Å². The highest BCUT2D eigenvalue weighted by Crippen LogP contribution is 2.66. The average molecular weight is 239 g/mol. The second kappa shape index (κ2) is 4.55. The number of rotatable bonds is 5. The predicted octanol–water partition coefficient (Wildman–Crippen LogP) is 3.17. The molecule has 0 heterocycles. The lowest BCUT2D eigenvalue weighted by Gasteiger charge is -2.39. The van der Waals surface area contributed by atoms with Crippen LogP contribution in [0.2, 0.25) is 0 Å². The van der Waals surface area contributed by atoms with Crippen LogP contribution in [0.15, 0.2) is 0 Å². The van der Waals surface area contributed by atoms with Gasteiger partial charge < -0.3 is 9.64 Å². The average Bonchev–Trinajstić information content (AvgIpc) is 2.56. The highest BCUT2D eigenvalue weighted by atomic mass is 16.5. The minimum Gasteiger partial charge on any atom is -0.378 e. The van der Waals surface area contributed by atoms with E-state index >= 15 is 0 Å². The molecule has 2 heteroatoms. The Morgan fingerprint density at radius 2 is 1.94 bits per heavy atom. The normalized spacial score (nSPS) is 39.2. The fourth-order valence-corrected chi connectivity index (χ4v) is 3.99. The summed E-state index contributed by atoms with van der Waals surface area (Å²) < 4.78 is 6.20. The third-order valence-electron chi connectivity index (χ3n) is 5.78. The fraction of sp³-hybridized carbons (Fsp3) is 1.00. The molecule has 0 N–H and O–H groups in total. The Kier molecular flexibility index (Phi) is 3.57. The summed E-state index contributed by atoms with van der Waals surface area (Å²) >= 11 is 0. The highest BCUT2D eigenvalue weighted by molar-refractivity contribution is 5.11. The summed E-state index contributed by atoms with van der Waals surface area (Å²) in [5.41, 5.74) is 0.912. The van der Waals surface area contributed by atoms with Gasteiger partial charge >= 0.3 is 0 Å². The molecule has 2 bridgehead atoms. The van der Waals surface area contributed by atoms with Gasteiger partial charge in [-0.05, 0) is 63.1 Å². The summed E-state index contributed by atoms with van der Waals surface area (Å²) in [6, 6.07) is 0. The van der Waals surface area contributed by atoms with E-state index in [9.17, 15) is 0 Å². The zero-order chi connectivity index (χ0) is 12.7. The lowest BCUT2D eigenvalue weighted by atomic mass is 9.70. The Morgan fingerprint density at radius 3 is 2.41 bits per heavy atom. The van der Waals surface area contributed by atoms with E-state index in [1.54, 1.807) is 0 Å². The van der Waals surface area contributed by atoms with E-state index in [1.165, 1.54) is 19.3 Å². The Bertz CT molecular complexity index is 274. The van der Waals surface area contributed by atoms with Crippen molar-refractivity contribution in [2.24, 2.45) is 16.7 Å². The molecule has 2 fully saturated rings. The van der Waals surface area contributed by atoms with Crippen molar-refractivity contribution in [2.45, 2.75) is 52.6 Å². The molecule has 0 spiro atoms. The first-order valence-corrected chi connectivity index (χ1v) is 7.14. The molecule has 2 aliphatic rings. The highest BCUT2D eigenvalue weighted by Gasteiger charge is 2.61. The van der Waals surface area contributed by atoms with Crippen molar-refractivity contribution in [2.75, 3.05) is 27.2 Å². The van der Waals surface area contributed by atoms with Crippen molar-refractivity contribution in [3.63, 3.8) is 0 Å². The van der Waals surface area contributed by atoms with Gasteiger partial charge in [0.1, 0.15) is 0 Å². The predicted molar refractivity (Wildman–Crippen MR) is 72.1 cm³/mol. The van der Waals surface area contributed by atoms with Crippen molar-refractivity contribution < 1.29 is 4.74 Å². The number of ether oxygens (including phenoxy) is 1. The standard InChI is InChI=1S/C15H29NO/c1-14(2)12-7-8-15(14,3)13(11-12)17-10-6-9-16(4)5/h12-13H,6-11H2,1-5H3/t12-,13-,15-/m1/s1. The van der Waals surface area contributed by atoms with Crippen LogP contribution in [-0.4, -0.2) is 38.3 Å². The van der Waals surface area contributed by atoms with Gasteiger partial charge in [0, 0.05) is 6.61 Å². The summed E-state index contributed by atoms with van der Waals surface area (Å²) in [4.78, 5) is 2.23. The van der Waals surface area contributed by atoms with Gasteiger partial charge in [-0.1, -0.05) is 20.8 Å². The molecule has 2 rings (SSSR count). The number of hydrogen-bond acceptors (Lipinski definition) is 2. The van der Waals surface area contributed by atoms with Gasteiger partial charge in [-0.3, -0.25) is 0 Å². The van der Waals surface area contributed by atoms with E-state index in [-0.39, 0.29) is 0 Å². The third-order valence-corrected chi connectivity index (χ3v) is 5.78. The van der Waals surface area contributed by atoms with E-state index in [0.29, 0.717) is 16.9 Å². The van der Waals surface area contributed by atoms with Gasteiger partial charge in [0.15, 0.2) is 0 Å². The first kappa shape index (κ1) is 13.4. The van der Waals surface area contributed by atoms with Crippen molar-refractivity contribution in [3.05, 3.63) is 0 Å². The van der Waals surface area contributed by atoms with Crippen LogP contribution in [0.1, 0.15) is 46.5 Å². The summed E-state index contributed by atoms with van der Waals surface area (Å²) in [5, 5.41) is 0. The molecular formula is C15H29NO. The van der Waals surface area contributed by atoms with Crippen LogP contribution in [0.3, 0.4) is 0 Å². The summed E-state index contributed by atoms with van der Waals surface area (Å²) in [6.07, 6.45) is 5.75. The molecule has 0 radical (unpaired) electrons. The maximum atomic E-state index is 6.20. The summed E-state index contributed by atoms with van der Waals surface area (Å²) in [5.74, 6) is 0.895. The van der Waals surface area contributed by atoms with E-state index in [4.69, 9.17) is 4.74 Å². The molecule has 3 atom stereocenters. The van der Waals surface area contributed by atoms with Crippen LogP contribution in [-0.2, 0) is 4.74 Å². The largest absolute Gasteiger partial charge is 0.378 e.